The predicted molar refractivity (Wildman–Crippen MR) is 427 cm³/mol. The molecule has 7 aromatic rings. The quantitative estimate of drug-likeness (QED) is 0.0108. The molecule has 2 aliphatic heterocycles. The number of nitrogens with zero attached hydrogens (tertiary/aromatic N) is 2. The van der Waals surface area contributed by atoms with E-state index in [1.165, 1.54) is 28.7 Å². The van der Waals surface area contributed by atoms with Gasteiger partial charge in [-0.3, -0.25) is 38.4 Å². The number of primary amides is 1. The number of nitrogens with two attached hydrogens (primary N) is 1. The highest BCUT2D eigenvalue weighted by molar-refractivity contribution is 8.00. The summed E-state index contributed by atoms with van der Waals surface area (Å²) in [5.41, 5.74) is 14.0. The van der Waals surface area contributed by atoms with E-state index in [1.807, 2.05) is 191 Å². The molecule has 23 nitrogen and oxygen atoms in total. The number of aromatic amines is 1. The first-order chi connectivity index (χ1) is 52.6. The highest BCUT2D eigenvalue weighted by atomic mass is 32.2. The van der Waals surface area contributed by atoms with Gasteiger partial charge in [-0.15, -0.1) is 11.8 Å². The summed E-state index contributed by atoms with van der Waals surface area (Å²) in [5.74, 6) is -8.17. The summed E-state index contributed by atoms with van der Waals surface area (Å²) in [6, 6.07) is 43.3. The van der Waals surface area contributed by atoms with Crippen LogP contribution in [0.1, 0.15) is 133 Å². The molecular formula is C85H106N10O13SSi. The van der Waals surface area contributed by atoms with Crippen molar-refractivity contribution in [3.05, 3.63) is 203 Å². The van der Waals surface area contributed by atoms with Crippen LogP contribution in [-0.4, -0.2) is 170 Å². The van der Waals surface area contributed by atoms with E-state index in [0.29, 0.717) is 24.8 Å². The van der Waals surface area contributed by atoms with E-state index in [4.69, 9.17) is 19.6 Å². The molecule has 584 valence electrons. The third kappa shape index (κ3) is 19.0. The molecule has 1 unspecified atom stereocenters. The van der Waals surface area contributed by atoms with E-state index in [0.717, 1.165) is 49.8 Å². The van der Waals surface area contributed by atoms with E-state index >= 15 is 19.2 Å². The summed E-state index contributed by atoms with van der Waals surface area (Å²) in [6.07, 6.45) is 1.31. The number of benzene rings is 6. The van der Waals surface area contributed by atoms with Crippen LogP contribution in [0.2, 0.25) is 18.1 Å². The second kappa shape index (κ2) is 36.6. The maximum absolute atomic E-state index is 15.5. The number of hydrogen-bond acceptors (Lipinski definition) is 14. The Kier molecular flexibility index (Phi) is 27.4. The molecule has 3 heterocycles. The summed E-state index contributed by atoms with van der Waals surface area (Å²) < 4.78 is 16.8. The molecule has 2 saturated heterocycles. The van der Waals surface area contributed by atoms with Gasteiger partial charge >= 0.3 is 12.1 Å². The number of carbonyl (C=O) groups is 10. The number of para-hydroxylation sites is 1. The van der Waals surface area contributed by atoms with Crippen LogP contribution in [0, 0.1) is 17.8 Å². The number of alkyl carbamates (subject to hydrolysis) is 1. The molecule has 110 heavy (non-hydrogen) atoms. The Bertz CT molecular complexity index is 4280. The molecule has 0 spiro atoms. The Balaban J connectivity index is 0.882. The maximum Gasteiger partial charge on any atom is 0.407 e. The Morgan fingerprint density at radius 1 is 0.627 bits per heavy atom. The van der Waals surface area contributed by atoms with E-state index in [1.54, 1.807) is 13.1 Å². The lowest BCUT2D eigenvalue weighted by Crippen LogP contribution is -2.60. The molecule has 1 aliphatic carbocycles. The molecule has 11 atom stereocenters. The van der Waals surface area contributed by atoms with Crippen molar-refractivity contribution in [2.24, 2.45) is 23.5 Å². The molecule has 0 radical (unpaired) electrons. The largest absolute Gasteiger partial charge is 0.467 e. The lowest BCUT2D eigenvalue weighted by atomic mass is 9.84. The third-order valence-corrected chi connectivity index (χ3v) is 28.9. The average Bonchev–Trinajstić information content (AvgIpc) is 1.50. The highest BCUT2D eigenvalue weighted by Gasteiger charge is 2.49. The molecule has 0 saturated carbocycles. The van der Waals surface area contributed by atoms with Gasteiger partial charge in [-0.1, -0.05) is 226 Å². The van der Waals surface area contributed by atoms with Gasteiger partial charge in [0.1, 0.15) is 48.9 Å². The number of thioether (sulfide) groups is 1. The van der Waals surface area contributed by atoms with Gasteiger partial charge in [-0.25, -0.2) is 9.59 Å². The van der Waals surface area contributed by atoms with Crippen molar-refractivity contribution >= 4 is 90.3 Å². The van der Waals surface area contributed by atoms with Gasteiger partial charge < -0.3 is 66.3 Å². The number of fused-ring (bicyclic) bond motifs is 4. The highest BCUT2D eigenvalue weighted by Crippen LogP contribution is 2.49. The molecule has 10 rings (SSSR count). The number of ether oxygens (including phenoxy) is 2. The lowest BCUT2D eigenvalue weighted by molar-refractivity contribution is -0.152. The second-order valence-electron chi connectivity index (χ2n) is 30.8. The van der Waals surface area contributed by atoms with Crippen LogP contribution in [0.4, 0.5) is 4.79 Å². The van der Waals surface area contributed by atoms with Crippen LogP contribution < -0.4 is 37.6 Å². The van der Waals surface area contributed by atoms with Crippen molar-refractivity contribution in [2.45, 2.75) is 178 Å². The zero-order chi connectivity index (χ0) is 79.2. The van der Waals surface area contributed by atoms with Crippen LogP contribution in [0.5, 0.6) is 0 Å². The van der Waals surface area contributed by atoms with Crippen LogP contribution in [0.3, 0.4) is 0 Å². The van der Waals surface area contributed by atoms with Crippen LogP contribution >= 0.6 is 11.8 Å². The zero-order valence-electron chi connectivity index (χ0n) is 64.8. The fraction of sp³-hybridized carbons (Fsp3) is 0.435. The number of nitrogens with one attached hydrogen (secondary N) is 7. The lowest BCUT2D eigenvalue weighted by Gasteiger charge is -2.38. The monoisotopic (exact) mass is 1530 g/mol. The van der Waals surface area contributed by atoms with Crippen molar-refractivity contribution in [3.8, 4) is 11.1 Å². The van der Waals surface area contributed by atoms with Gasteiger partial charge in [0.05, 0.1) is 30.9 Å². The molecule has 2 fully saturated rings. The van der Waals surface area contributed by atoms with Gasteiger partial charge in [0.2, 0.25) is 47.3 Å². The minimum Gasteiger partial charge on any atom is -0.467 e. The Morgan fingerprint density at radius 2 is 1.19 bits per heavy atom. The standard InChI is InChI=1S/C85H106N10O13SSi/c1-12-52(3)54(5)75(93-83(105)107-50-65-63-39-25-23-37-61(63)62-38-24-26-40-64(62)65)79(101)89-67(44-55-47-87-66-41-28-27-36-60(55)66)76(98)88-48-73(97)92-74(53(4)13-2)81(103)94-43-29-42-70(94)78(100)91-69(51-109-85(56-30-17-14-18-31-56,57-32-19-15-20-33-57)58-34-21-16-22-35-58)77(99)90-68(46-72(86)96)80(102)95-49-59(45-71(95)82(104)106-9)108-110(10,11)84(6,7)8/h14-28,30-41,47,52-54,59,65,67-71,74-75,87H,12-13,29,42-46,48-51H2,1-11H3,(H2,86,96)(H,88,98)(H,89,101)(H,90,99)(H,91,100)(H,92,97)(H,93,105)/t52-,53-,54-,59+,67?,68-,69-,70+,71-,74-,75-/m0/s1. The normalized spacial score (nSPS) is 17.9. The molecule has 0 bridgehead atoms. The number of H-pyrrole nitrogens is 1. The van der Waals surface area contributed by atoms with Gasteiger partial charge in [0, 0.05) is 54.7 Å². The van der Waals surface area contributed by atoms with Crippen molar-refractivity contribution in [1.82, 2.24) is 46.7 Å². The SMILES string of the molecule is CC[C@H](C)[C@H](C)[C@H](NC(=O)OCC1c2ccccc2-c2ccccc21)C(=O)NC(Cc1c[nH]c2ccccc12)C(=O)NCC(=O)N[C@H](C(=O)N1CCC[C@@H]1C(=O)N[C@@H](CSC(c1ccccc1)(c1ccccc1)c1ccccc1)C(=O)N[C@@H](CC(N)=O)C(=O)N1C[C@H](O[Si](C)(C)C(C)(C)C)C[C@H]1C(=O)OC)[C@@H](C)CC. The molecule has 9 amide bonds. The van der Waals surface area contributed by atoms with Crippen molar-refractivity contribution in [1.29, 1.82) is 0 Å². The smallest absolute Gasteiger partial charge is 0.407 e. The van der Waals surface area contributed by atoms with E-state index in [-0.39, 0.29) is 61.6 Å². The first-order valence-corrected chi connectivity index (χ1v) is 42.1. The van der Waals surface area contributed by atoms with Crippen molar-refractivity contribution < 1.29 is 61.8 Å². The molecule has 1 aromatic heterocycles. The molecule has 6 aromatic carbocycles. The Labute approximate surface area is 649 Å². The molecule has 25 heteroatoms. The minimum absolute atomic E-state index is 0.00512. The minimum atomic E-state index is -2.47. The number of likely N-dealkylation sites (tertiary alicyclic amines) is 2. The van der Waals surface area contributed by atoms with Crippen LogP contribution in [-0.2, 0) is 68.2 Å². The van der Waals surface area contributed by atoms with Gasteiger partial charge in [0.15, 0.2) is 8.32 Å². The van der Waals surface area contributed by atoms with Gasteiger partial charge in [-0.2, -0.15) is 0 Å². The zero-order valence-corrected chi connectivity index (χ0v) is 66.6. The second-order valence-corrected chi connectivity index (χ2v) is 36.8. The maximum atomic E-state index is 15.5. The van der Waals surface area contributed by atoms with Gasteiger partial charge in [0.25, 0.3) is 0 Å². The number of methoxy groups -OCH3 is 1. The number of esters is 1. The summed E-state index contributed by atoms with van der Waals surface area (Å²) in [7, 11) is -1.27. The Hall–Kier alpha value is -10.1. The van der Waals surface area contributed by atoms with E-state index < -0.39 is 146 Å². The number of amides is 9. The van der Waals surface area contributed by atoms with Crippen molar-refractivity contribution in [2.75, 3.05) is 39.1 Å². The fourth-order valence-corrected chi connectivity index (χ4v) is 17.9. The number of hydrogen-bond donors (Lipinski definition) is 8. The predicted octanol–water partition coefficient (Wildman–Crippen LogP) is 10.2. The first kappa shape index (κ1) is 82.4. The van der Waals surface area contributed by atoms with Crippen LogP contribution in [0.15, 0.2) is 170 Å². The summed E-state index contributed by atoms with van der Waals surface area (Å²) in [5, 5.41) is 17.7. The molecule has 3 aliphatic rings. The van der Waals surface area contributed by atoms with Crippen LogP contribution in [0.25, 0.3) is 22.0 Å². The number of carbonyl (C=O) groups excluding carboxylic acids is 10. The fourth-order valence-electron chi connectivity index (χ4n) is 15.0. The van der Waals surface area contributed by atoms with E-state index in [2.05, 4.69) is 70.7 Å². The number of rotatable bonds is 33. The van der Waals surface area contributed by atoms with E-state index in [9.17, 15) is 28.8 Å². The first-order valence-electron chi connectivity index (χ1n) is 38.2. The summed E-state index contributed by atoms with van der Waals surface area (Å²) >= 11 is 1.35. The van der Waals surface area contributed by atoms with Gasteiger partial charge in [-0.05, 0) is 99.3 Å². The molecular weight excluding hydrogens is 1430 g/mol. The number of aromatic nitrogens is 1. The summed E-state index contributed by atoms with van der Waals surface area (Å²) in [4.78, 5) is 152. The van der Waals surface area contributed by atoms with Crippen molar-refractivity contribution in [3.63, 3.8) is 0 Å². The third-order valence-electron chi connectivity index (χ3n) is 22.7. The average molecular weight is 1540 g/mol. The topological polar surface area (TPSA) is 319 Å². The molecule has 9 N–H and O–H groups in total. The Morgan fingerprint density at radius 3 is 1.76 bits per heavy atom. The summed E-state index contributed by atoms with van der Waals surface area (Å²) in [6.45, 7) is 19.2.